The molecule has 0 saturated heterocycles. The zero-order valence-electron chi connectivity index (χ0n) is 14.4. The van der Waals surface area contributed by atoms with Gasteiger partial charge in [0.15, 0.2) is 0 Å². The summed E-state index contributed by atoms with van der Waals surface area (Å²) < 4.78 is 0. The highest BCUT2D eigenvalue weighted by atomic mass is 32.1. The van der Waals surface area contributed by atoms with E-state index in [-0.39, 0.29) is 11.8 Å². The second-order valence-corrected chi connectivity index (χ2v) is 6.85. The molecule has 1 aromatic carbocycles. The van der Waals surface area contributed by atoms with Crippen molar-refractivity contribution in [2.45, 2.75) is 33.4 Å². The summed E-state index contributed by atoms with van der Waals surface area (Å²) in [5, 5.41) is 2.97. The molecule has 0 unspecified atom stereocenters. The van der Waals surface area contributed by atoms with Crippen LogP contribution in [-0.4, -0.2) is 40.2 Å². The Hall–Kier alpha value is -2.21. The maximum absolute atomic E-state index is 12.3. The Morgan fingerprint density at radius 1 is 1.17 bits per heavy atom. The van der Waals surface area contributed by atoms with Crippen molar-refractivity contribution in [3.63, 3.8) is 0 Å². The fourth-order valence-corrected chi connectivity index (χ4v) is 2.99. The monoisotopic (exact) mass is 345 g/mol. The highest BCUT2D eigenvalue weighted by Crippen LogP contribution is 2.11. The number of thiazole rings is 1. The van der Waals surface area contributed by atoms with Gasteiger partial charge in [0.1, 0.15) is 0 Å². The number of hydrogen-bond donors (Lipinski definition) is 0. The van der Waals surface area contributed by atoms with E-state index in [0.29, 0.717) is 26.1 Å². The van der Waals surface area contributed by atoms with E-state index in [1.54, 1.807) is 28.2 Å². The first-order valence-electron chi connectivity index (χ1n) is 7.90. The molecule has 0 saturated carbocycles. The van der Waals surface area contributed by atoms with E-state index >= 15 is 0 Å². The van der Waals surface area contributed by atoms with E-state index in [4.69, 9.17) is 0 Å². The molecule has 6 heteroatoms. The quantitative estimate of drug-likeness (QED) is 0.775. The largest absolute Gasteiger partial charge is 0.340 e. The third-order valence-electron chi connectivity index (χ3n) is 3.75. The summed E-state index contributed by atoms with van der Waals surface area (Å²) >= 11 is 1.58. The minimum absolute atomic E-state index is 0.0139. The molecular formula is C18H23N3O2S. The van der Waals surface area contributed by atoms with Gasteiger partial charge in [-0.3, -0.25) is 9.59 Å². The third kappa shape index (κ3) is 5.45. The highest BCUT2D eigenvalue weighted by Gasteiger charge is 2.15. The van der Waals surface area contributed by atoms with E-state index in [1.807, 2.05) is 42.6 Å². The van der Waals surface area contributed by atoms with Crippen molar-refractivity contribution in [1.29, 1.82) is 0 Å². The minimum atomic E-state index is -0.0237. The molecule has 0 fully saturated rings. The molecule has 128 valence electrons. The Labute approximate surface area is 146 Å². The molecule has 0 aliphatic heterocycles. The van der Waals surface area contributed by atoms with Crippen LogP contribution in [0.15, 0.2) is 35.7 Å². The first-order chi connectivity index (χ1) is 11.5. The second kappa shape index (κ2) is 8.59. The van der Waals surface area contributed by atoms with Crippen LogP contribution >= 0.6 is 11.3 Å². The van der Waals surface area contributed by atoms with Crippen molar-refractivity contribution in [2.75, 3.05) is 13.6 Å². The van der Waals surface area contributed by atoms with Crippen LogP contribution in [0.25, 0.3) is 0 Å². The molecule has 2 rings (SSSR count). The highest BCUT2D eigenvalue weighted by molar-refractivity contribution is 7.09. The summed E-state index contributed by atoms with van der Waals surface area (Å²) in [5.41, 5.74) is 1.97. The molecule has 0 radical (unpaired) electrons. The molecule has 0 bridgehead atoms. The number of amides is 2. The van der Waals surface area contributed by atoms with Crippen LogP contribution in [0.3, 0.4) is 0 Å². The third-order valence-corrected chi connectivity index (χ3v) is 4.57. The lowest BCUT2D eigenvalue weighted by molar-refractivity contribution is -0.133. The molecule has 24 heavy (non-hydrogen) atoms. The fourth-order valence-electron chi connectivity index (χ4n) is 2.39. The molecule has 2 aromatic rings. The Bertz CT molecular complexity index is 685. The molecule has 0 spiro atoms. The molecule has 5 nitrogen and oxygen atoms in total. The predicted octanol–water partition coefficient (Wildman–Crippen LogP) is 2.85. The number of hydrogen-bond acceptors (Lipinski definition) is 4. The molecule has 0 aliphatic carbocycles. The van der Waals surface area contributed by atoms with Crippen molar-refractivity contribution >= 4 is 23.2 Å². The van der Waals surface area contributed by atoms with Gasteiger partial charge in [0.25, 0.3) is 0 Å². The summed E-state index contributed by atoms with van der Waals surface area (Å²) in [7, 11) is 1.77. The van der Waals surface area contributed by atoms with Crippen molar-refractivity contribution in [3.05, 3.63) is 52.0 Å². The first kappa shape index (κ1) is 18.1. The standard InChI is InChI=1S/C18H23N3O2S/c1-14-19-17(13-24-14)12-20(3)18(23)9-10-21(15(2)22)11-16-7-5-4-6-8-16/h4-8,13H,9-12H2,1-3H3. The second-order valence-electron chi connectivity index (χ2n) is 5.78. The number of aryl methyl sites for hydroxylation is 1. The number of carbonyl (C=O) groups is 2. The number of benzene rings is 1. The van der Waals surface area contributed by atoms with Crippen molar-refractivity contribution in [2.24, 2.45) is 0 Å². The van der Waals surface area contributed by atoms with Crippen LogP contribution in [0.5, 0.6) is 0 Å². The maximum atomic E-state index is 12.3. The van der Waals surface area contributed by atoms with Gasteiger partial charge in [-0.1, -0.05) is 30.3 Å². The zero-order valence-corrected chi connectivity index (χ0v) is 15.2. The normalized spacial score (nSPS) is 10.5. The van der Waals surface area contributed by atoms with Gasteiger partial charge < -0.3 is 9.80 Å². The van der Waals surface area contributed by atoms with Gasteiger partial charge in [-0.15, -0.1) is 11.3 Å². The Balaban J connectivity index is 1.86. The minimum Gasteiger partial charge on any atom is -0.340 e. The van der Waals surface area contributed by atoms with E-state index in [0.717, 1.165) is 16.3 Å². The van der Waals surface area contributed by atoms with Gasteiger partial charge in [-0.05, 0) is 12.5 Å². The van der Waals surface area contributed by atoms with Gasteiger partial charge in [0, 0.05) is 38.9 Å². The molecular weight excluding hydrogens is 322 g/mol. The number of aromatic nitrogens is 1. The lowest BCUT2D eigenvalue weighted by Gasteiger charge is -2.23. The van der Waals surface area contributed by atoms with Crippen molar-refractivity contribution in [1.82, 2.24) is 14.8 Å². The summed E-state index contributed by atoms with van der Waals surface area (Å²) in [4.78, 5) is 31.9. The van der Waals surface area contributed by atoms with Crippen LogP contribution in [0, 0.1) is 6.92 Å². The summed E-state index contributed by atoms with van der Waals surface area (Å²) in [6.07, 6.45) is 0.312. The summed E-state index contributed by atoms with van der Waals surface area (Å²) in [6.45, 7) is 4.93. The average Bonchev–Trinajstić information content (AvgIpc) is 2.96. The zero-order chi connectivity index (χ0) is 17.5. The van der Waals surface area contributed by atoms with Gasteiger partial charge in [0.05, 0.1) is 17.2 Å². The van der Waals surface area contributed by atoms with E-state index in [1.165, 1.54) is 6.92 Å². The molecule has 2 amide bonds. The molecule has 0 atom stereocenters. The lowest BCUT2D eigenvalue weighted by Crippen LogP contribution is -2.34. The topological polar surface area (TPSA) is 53.5 Å². The predicted molar refractivity (Wildman–Crippen MR) is 95.5 cm³/mol. The van der Waals surface area contributed by atoms with Gasteiger partial charge >= 0.3 is 0 Å². The van der Waals surface area contributed by atoms with Gasteiger partial charge in [-0.2, -0.15) is 0 Å². The molecule has 0 N–H and O–H groups in total. The lowest BCUT2D eigenvalue weighted by atomic mass is 10.2. The number of nitrogens with zero attached hydrogens (tertiary/aromatic N) is 3. The summed E-state index contributed by atoms with van der Waals surface area (Å²) in [6, 6.07) is 9.80. The van der Waals surface area contributed by atoms with E-state index in [2.05, 4.69) is 4.98 Å². The SMILES string of the molecule is CC(=O)N(CCC(=O)N(C)Cc1csc(C)n1)Cc1ccccc1. The first-order valence-corrected chi connectivity index (χ1v) is 8.78. The van der Waals surface area contributed by atoms with Crippen molar-refractivity contribution in [3.8, 4) is 0 Å². The van der Waals surface area contributed by atoms with Crippen LogP contribution in [0.4, 0.5) is 0 Å². The van der Waals surface area contributed by atoms with Crippen molar-refractivity contribution < 1.29 is 9.59 Å². The maximum Gasteiger partial charge on any atom is 0.224 e. The molecule has 1 heterocycles. The Kier molecular flexibility index (Phi) is 6.49. The fraction of sp³-hybridized carbons (Fsp3) is 0.389. The Morgan fingerprint density at radius 3 is 2.46 bits per heavy atom. The number of carbonyl (C=O) groups excluding carboxylic acids is 2. The molecule has 1 aromatic heterocycles. The number of rotatable bonds is 7. The van der Waals surface area contributed by atoms with E-state index in [9.17, 15) is 9.59 Å². The van der Waals surface area contributed by atoms with Crippen LogP contribution in [-0.2, 0) is 22.7 Å². The smallest absolute Gasteiger partial charge is 0.224 e. The Morgan fingerprint density at radius 2 is 1.88 bits per heavy atom. The average molecular weight is 345 g/mol. The van der Waals surface area contributed by atoms with Crippen LogP contribution < -0.4 is 0 Å². The van der Waals surface area contributed by atoms with Crippen LogP contribution in [0.1, 0.15) is 29.6 Å². The molecule has 0 aliphatic rings. The van der Waals surface area contributed by atoms with Gasteiger partial charge in [-0.25, -0.2) is 4.98 Å². The summed E-state index contributed by atoms with van der Waals surface area (Å²) in [5.74, 6) is -0.00982. The van der Waals surface area contributed by atoms with Gasteiger partial charge in [0.2, 0.25) is 11.8 Å². The van der Waals surface area contributed by atoms with Crippen LogP contribution in [0.2, 0.25) is 0 Å². The van der Waals surface area contributed by atoms with E-state index < -0.39 is 0 Å².